The Morgan fingerprint density at radius 2 is 1.92 bits per heavy atom. The predicted octanol–water partition coefficient (Wildman–Crippen LogP) is 1.81. The van der Waals surface area contributed by atoms with Crippen molar-refractivity contribution in [3.8, 4) is 0 Å². The van der Waals surface area contributed by atoms with Gasteiger partial charge in [0.1, 0.15) is 0 Å². The molecule has 0 atom stereocenters. The van der Waals surface area contributed by atoms with Gasteiger partial charge in [-0.2, -0.15) is 5.10 Å². The van der Waals surface area contributed by atoms with Crippen molar-refractivity contribution in [1.82, 2.24) is 14.9 Å². The van der Waals surface area contributed by atoms with E-state index < -0.39 is 10.0 Å². The number of benzene rings is 1. The smallest absolute Gasteiger partial charge is 0.251 e. The molecule has 0 saturated heterocycles. The molecule has 0 bridgehead atoms. The maximum absolute atomic E-state index is 12.2. The van der Waals surface area contributed by atoms with Crippen LogP contribution < -0.4 is 10.0 Å². The first-order valence-corrected chi connectivity index (χ1v) is 9.37. The zero-order valence-electron chi connectivity index (χ0n) is 13.6. The molecular formula is C17H18N4O3S. The van der Waals surface area contributed by atoms with Crippen LogP contribution >= 0.6 is 0 Å². The second-order valence-corrected chi connectivity index (χ2v) is 7.50. The van der Waals surface area contributed by atoms with Crippen molar-refractivity contribution in [3.05, 3.63) is 66.0 Å². The van der Waals surface area contributed by atoms with Gasteiger partial charge in [0.15, 0.2) is 0 Å². The summed E-state index contributed by atoms with van der Waals surface area (Å²) < 4.78 is 28.4. The molecular weight excluding hydrogens is 340 g/mol. The monoisotopic (exact) mass is 358 g/mol. The number of hydrogen-bond donors (Lipinski definition) is 2. The lowest BCUT2D eigenvalue weighted by molar-refractivity contribution is 0.0956. The number of anilines is 1. The Hall–Kier alpha value is -2.87. The first-order valence-electron chi connectivity index (χ1n) is 7.72. The third-order valence-electron chi connectivity index (χ3n) is 3.64. The van der Waals surface area contributed by atoms with Gasteiger partial charge >= 0.3 is 0 Å². The minimum Gasteiger partial charge on any atom is -0.351 e. The number of amides is 1. The zero-order chi connectivity index (χ0) is 17.9. The van der Waals surface area contributed by atoms with Crippen LogP contribution in [0.15, 0.2) is 54.9 Å². The van der Waals surface area contributed by atoms with Crippen molar-refractivity contribution in [2.24, 2.45) is 0 Å². The second-order valence-electron chi connectivity index (χ2n) is 5.66. The number of aromatic nitrogens is 2. The molecule has 0 aliphatic heterocycles. The Morgan fingerprint density at radius 1 is 1.16 bits per heavy atom. The third kappa shape index (κ3) is 4.36. The Kier molecular flexibility index (Phi) is 4.71. The number of nitrogens with zero attached hydrogens (tertiary/aromatic N) is 2. The molecule has 2 heterocycles. The summed E-state index contributed by atoms with van der Waals surface area (Å²) in [6.45, 7) is 1.96. The molecule has 0 aliphatic rings. The van der Waals surface area contributed by atoms with Crippen molar-refractivity contribution in [3.63, 3.8) is 0 Å². The molecule has 0 saturated carbocycles. The second kappa shape index (κ2) is 6.94. The first-order chi connectivity index (χ1) is 11.9. The van der Waals surface area contributed by atoms with Crippen LogP contribution in [0.25, 0.3) is 5.52 Å². The van der Waals surface area contributed by atoms with E-state index in [9.17, 15) is 13.2 Å². The van der Waals surface area contributed by atoms with Crippen molar-refractivity contribution in [2.45, 2.75) is 6.92 Å². The van der Waals surface area contributed by atoms with Crippen LogP contribution in [-0.2, 0) is 10.0 Å². The van der Waals surface area contributed by atoms with E-state index in [0.717, 1.165) is 11.1 Å². The van der Waals surface area contributed by atoms with Gasteiger partial charge in [-0.15, -0.1) is 0 Å². The highest BCUT2D eigenvalue weighted by Gasteiger charge is 2.12. The van der Waals surface area contributed by atoms with E-state index in [1.54, 1.807) is 47.2 Å². The lowest BCUT2D eigenvalue weighted by atomic mass is 10.1. The zero-order valence-corrected chi connectivity index (χ0v) is 14.5. The summed E-state index contributed by atoms with van der Waals surface area (Å²) in [5.41, 5.74) is 2.80. The van der Waals surface area contributed by atoms with Crippen LogP contribution in [0.2, 0.25) is 0 Å². The summed E-state index contributed by atoms with van der Waals surface area (Å²) >= 11 is 0. The fraction of sp³-hybridized carbons (Fsp3) is 0.176. The SMILES string of the molecule is Cc1ccc(C(=O)NCCS(=O)(=O)Nc2ccn3nccc3c2)cc1. The molecule has 0 aliphatic carbocycles. The van der Waals surface area contributed by atoms with Crippen LogP contribution in [0, 0.1) is 6.92 Å². The van der Waals surface area contributed by atoms with Crippen molar-refractivity contribution >= 4 is 27.1 Å². The summed E-state index contributed by atoms with van der Waals surface area (Å²) in [7, 11) is -3.57. The van der Waals surface area contributed by atoms with E-state index in [-0.39, 0.29) is 18.2 Å². The van der Waals surface area contributed by atoms with E-state index in [0.29, 0.717) is 11.3 Å². The van der Waals surface area contributed by atoms with E-state index in [2.05, 4.69) is 15.1 Å². The molecule has 8 heteroatoms. The summed E-state index contributed by atoms with van der Waals surface area (Å²) in [6, 6.07) is 12.2. The molecule has 2 aromatic heterocycles. The summed E-state index contributed by atoms with van der Waals surface area (Å²) in [5, 5.41) is 6.67. The number of aryl methyl sites for hydroxylation is 1. The number of carbonyl (C=O) groups is 1. The van der Waals surface area contributed by atoms with Gasteiger partial charge in [0, 0.05) is 24.5 Å². The highest BCUT2D eigenvalue weighted by molar-refractivity contribution is 7.92. The molecule has 0 fully saturated rings. The molecule has 25 heavy (non-hydrogen) atoms. The van der Waals surface area contributed by atoms with Crippen LogP contribution in [0.1, 0.15) is 15.9 Å². The molecule has 130 valence electrons. The normalized spacial score (nSPS) is 11.4. The molecule has 0 spiro atoms. The van der Waals surface area contributed by atoms with Crippen LogP contribution in [0.4, 0.5) is 5.69 Å². The average Bonchev–Trinajstić information content (AvgIpc) is 3.02. The van der Waals surface area contributed by atoms with Gasteiger partial charge in [-0.3, -0.25) is 9.52 Å². The average molecular weight is 358 g/mol. The summed E-state index contributed by atoms with van der Waals surface area (Å²) in [5.74, 6) is -0.509. The van der Waals surface area contributed by atoms with Gasteiger partial charge in [-0.05, 0) is 37.3 Å². The molecule has 3 aromatic rings. The fourth-order valence-electron chi connectivity index (χ4n) is 2.32. The number of rotatable bonds is 6. The summed E-state index contributed by atoms with van der Waals surface area (Å²) in [6.07, 6.45) is 3.31. The van der Waals surface area contributed by atoms with Gasteiger partial charge in [-0.1, -0.05) is 17.7 Å². The highest BCUT2D eigenvalue weighted by atomic mass is 32.2. The van der Waals surface area contributed by atoms with Crippen LogP contribution in [0.5, 0.6) is 0 Å². The minimum atomic E-state index is -3.57. The maximum Gasteiger partial charge on any atom is 0.251 e. The number of fused-ring (bicyclic) bond motifs is 1. The van der Waals surface area contributed by atoms with Gasteiger partial charge in [0.05, 0.1) is 17.0 Å². The first kappa shape index (κ1) is 17.0. The Morgan fingerprint density at radius 3 is 2.68 bits per heavy atom. The molecule has 7 nitrogen and oxygen atoms in total. The quantitative estimate of drug-likeness (QED) is 0.703. The lowest BCUT2D eigenvalue weighted by Gasteiger charge is -2.09. The molecule has 1 amide bonds. The van der Waals surface area contributed by atoms with E-state index >= 15 is 0 Å². The van der Waals surface area contributed by atoms with Gasteiger partial charge < -0.3 is 5.32 Å². The Balaban J connectivity index is 1.56. The van der Waals surface area contributed by atoms with Crippen molar-refractivity contribution < 1.29 is 13.2 Å². The number of nitrogens with one attached hydrogen (secondary N) is 2. The topological polar surface area (TPSA) is 92.6 Å². The van der Waals surface area contributed by atoms with Gasteiger partial charge in [-0.25, -0.2) is 12.9 Å². The largest absolute Gasteiger partial charge is 0.351 e. The van der Waals surface area contributed by atoms with Crippen molar-refractivity contribution in [2.75, 3.05) is 17.0 Å². The number of hydrogen-bond acceptors (Lipinski definition) is 4. The fourth-order valence-corrected chi connectivity index (χ4v) is 3.28. The minimum absolute atomic E-state index is 0.0248. The van der Waals surface area contributed by atoms with E-state index in [1.807, 2.05) is 19.1 Å². The van der Waals surface area contributed by atoms with Crippen molar-refractivity contribution in [1.29, 1.82) is 0 Å². The number of pyridine rings is 1. The summed E-state index contributed by atoms with van der Waals surface area (Å²) in [4.78, 5) is 12.0. The molecule has 0 radical (unpaired) electrons. The lowest BCUT2D eigenvalue weighted by Crippen LogP contribution is -2.31. The highest BCUT2D eigenvalue weighted by Crippen LogP contribution is 2.13. The number of sulfonamides is 1. The number of carbonyl (C=O) groups excluding carboxylic acids is 1. The molecule has 3 rings (SSSR count). The van der Waals surface area contributed by atoms with Gasteiger partial charge in [0.2, 0.25) is 10.0 Å². The van der Waals surface area contributed by atoms with E-state index in [4.69, 9.17) is 0 Å². The standard InChI is InChI=1S/C17H18N4O3S/c1-13-2-4-14(5-3-13)17(22)18-9-11-25(23,24)20-15-7-10-21-16(12-15)6-8-19-21/h2-8,10,12,20H,9,11H2,1H3,(H,18,22). The predicted molar refractivity (Wildman–Crippen MR) is 96.1 cm³/mol. The molecule has 0 unspecified atom stereocenters. The Bertz CT molecular complexity index is 994. The maximum atomic E-state index is 12.2. The molecule has 2 N–H and O–H groups in total. The van der Waals surface area contributed by atoms with Gasteiger partial charge in [0.25, 0.3) is 5.91 Å². The Labute approximate surface area is 145 Å². The molecule has 1 aromatic carbocycles. The van der Waals surface area contributed by atoms with E-state index in [1.165, 1.54) is 0 Å². The van der Waals surface area contributed by atoms with Crippen LogP contribution in [-0.4, -0.2) is 36.2 Å². The third-order valence-corrected chi connectivity index (χ3v) is 4.93. The van der Waals surface area contributed by atoms with Crippen LogP contribution in [0.3, 0.4) is 0 Å².